The van der Waals surface area contributed by atoms with Crippen LogP contribution >= 0.6 is 0 Å². The molecule has 3 aromatic rings. The number of alkyl halides is 1. The van der Waals surface area contributed by atoms with E-state index in [-0.39, 0.29) is 24.5 Å². The summed E-state index contributed by atoms with van der Waals surface area (Å²) >= 11 is 0. The van der Waals surface area contributed by atoms with Gasteiger partial charge in [0.25, 0.3) is 0 Å². The van der Waals surface area contributed by atoms with Gasteiger partial charge in [0.15, 0.2) is 5.65 Å². The van der Waals surface area contributed by atoms with E-state index in [0.29, 0.717) is 35.7 Å². The van der Waals surface area contributed by atoms with Gasteiger partial charge in [0, 0.05) is 20.1 Å². The SMILES string of the molecule is CCOc1cccc(F)c1-c1nn(COCC[Si](C)(C)C)c2nc(NC(=O)C3CC3F)ccc12. The van der Waals surface area contributed by atoms with Gasteiger partial charge in [-0.3, -0.25) is 4.79 Å². The molecule has 0 saturated heterocycles. The van der Waals surface area contributed by atoms with Gasteiger partial charge in [0.05, 0.1) is 18.1 Å². The zero-order valence-corrected chi connectivity index (χ0v) is 20.9. The maximum Gasteiger partial charge on any atom is 0.231 e. The predicted octanol–water partition coefficient (Wildman–Crippen LogP) is 5.24. The number of ether oxygens (including phenoxy) is 2. The summed E-state index contributed by atoms with van der Waals surface area (Å²) < 4.78 is 41.3. The molecule has 2 heterocycles. The van der Waals surface area contributed by atoms with Crippen molar-refractivity contribution in [2.24, 2.45) is 5.92 Å². The molecule has 2 atom stereocenters. The Hall–Kier alpha value is -2.85. The first-order valence-corrected chi connectivity index (χ1v) is 15.2. The number of anilines is 1. The third-order valence-corrected chi connectivity index (χ3v) is 7.32. The molecule has 4 rings (SSSR count). The molecule has 1 N–H and O–H groups in total. The highest BCUT2D eigenvalue weighted by Crippen LogP contribution is 2.37. The second-order valence-corrected chi connectivity index (χ2v) is 15.3. The Kier molecular flexibility index (Phi) is 6.99. The minimum atomic E-state index is -1.27. The van der Waals surface area contributed by atoms with Crippen LogP contribution in [-0.2, 0) is 16.3 Å². The highest BCUT2D eigenvalue weighted by molar-refractivity contribution is 6.76. The number of carbonyl (C=O) groups is 1. The van der Waals surface area contributed by atoms with Crippen molar-refractivity contribution >= 4 is 30.8 Å². The lowest BCUT2D eigenvalue weighted by molar-refractivity contribution is -0.117. The fraction of sp³-hybridized carbons (Fsp3) is 0.458. The molecule has 2 unspecified atom stereocenters. The molecule has 1 aromatic carbocycles. The van der Waals surface area contributed by atoms with Crippen LogP contribution in [0.2, 0.25) is 25.7 Å². The molecule has 7 nitrogen and oxygen atoms in total. The Labute approximate surface area is 198 Å². The number of halogens is 2. The fourth-order valence-corrected chi connectivity index (χ4v) is 4.35. The van der Waals surface area contributed by atoms with E-state index in [4.69, 9.17) is 9.47 Å². The van der Waals surface area contributed by atoms with E-state index in [2.05, 4.69) is 35.0 Å². The van der Waals surface area contributed by atoms with E-state index in [1.165, 1.54) is 6.07 Å². The van der Waals surface area contributed by atoms with Gasteiger partial charge >= 0.3 is 0 Å². The molecule has 10 heteroatoms. The van der Waals surface area contributed by atoms with Gasteiger partial charge in [-0.2, -0.15) is 5.10 Å². The summed E-state index contributed by atoms with van der Waals surface area (Å²) in [5.41, 5.74) is 1.05. The largest absolute Gasteiger partial charge is 0.493 e. The van der Waals surface area contributed by atoms with Crippen LogP contribution < -0.4 is 10.1 Å². The predicted molar refractivity (Wildman–Crippen MR) is 130 cm³/mol. The minimum Gasteiger partial charge on any atom is -0.493 e. The second kappa shape index (κ2) is 9.79. The Bertz CT molecular complexity index is 1190. The maximum absolute atomic E-state index is 14.9. The van der Waals surface area contributed by atoms with Crippen molar-refractivity contribution in [2.75, 3.05) is 18.5 Å². The number of fused-ring (bicyclic) bond motifs is 1. The van der Waals surface area contributed by atoms with Crippen LogP contribution in [0.1, 0.15) is 13.3 Å². The van der Waals surface area contributed by atoms with Gasteiger partial charge in [0.1, 0.15) is 36.0 Å². The monoisotopic (exact) mass is 488 g/mol. The van der Waals surface area contributed by atoms with Gasteiger partial charge in [0.2, 0.25) is 5.91 Å². The number of aromatic nitrogens is 3. The number of rotatable bonds is 10. The quantitative estimate of drug-likeness (QED) is 0.312. The number of pyridine rings is 1. The first kappa shape index (κ1) is 24.3. The van der Waals surface area contributed by atoms with Crippen LogP contribution in [0, 0.1) is 11.7 Å². The average Bonchev–Trinajstić information content (AvgIpc) is 3.41. The number of nitrogens with zero attached hydrogens (tertiary/aromatic N) is 3. The summed E-state index contributed by atoms with van der Waals surface area (Å²) in [6, 6.07) is 8.96. The summed E-state index contributed by atoms with van der Waals surface area (Å²) in [6.45, 7) is 9.71. The van der Waals surface area contributed by atoms with Gasteiger partial charge in [-0.1, -0.05) is 25.7 Å². The van der Waals surface area contributed by atoms with Crippen molar-refractivity contribution in [1.29, 1.82) is 0 Å². The summed E-state index contributed by atoms with van der Waals surface area (Å²) in [5, 5.41) is 7.88. The van der Waals surface area contributed by atoms with E-state index < -0.39 is 31.9 Å². The summed E-state index contributed by atoms with van der Waals surface area (Å²) in [5.74, 6) is -0.823. The zero-order chi connectivity index (χ0) is 24.5. The molecule has 0 spiro atoms. The zero-order valence-electron chi connectivity index (χ0n) is 19.9. The second-order valence-electron chi connectivity index (χ2n) is 9.66. The number of benzene rings is 1. The summed E-state index contributed by atoms with van der Waals surface area (Å²) in [7, 11) is -1.27. The first-order valence-electron chi connectivity index (χ1n) is 11.5. The molecular formula is C24H30F2N4O3Si. The van der Waals surface area contributed by atoms with Gasteiger partial charge in [-0.25, -0.2) is 18.4 Å². The Morgan fingerprint density at radius 2 is 2.03 bits per heavy atom. The van der Waals surface area contributed by atoms with E-state index >= 15 is 0 Å². The maximum atomic E-state index is 14.9. The van der Waals surface area contributed by atoms with Crippen molar-refractivity contribution < 1.29 is 23.0 Å². The number of amides is 1. The number of nitrogens with one attached hydrogen (secondary N) is 1. The third kappa shape index (κ3) is 5.44. The highest BCUT2D eigenvalue weighted by atomic mass is 28.3. The topological polar surface area (TPSA) is 78.3 Å². The standard InChI is InChI=1S/C24H30F2N4O3Si/c1-5-33-19-8-6-7-17(25)21(19)22-15-9-10-20(28-24(31)16-13-18(16)26)27-23(15)30(29-22)14-32-11-12-34(2,3)4/h6-10,16,18H,5,11-14H2,1-4H3,(H,27,28,31). The van der Waals surface area contributed by atoms with E-state index in [1.54, 1.807) is 28.9 Å². The van der Waals surface area contributed by atoms with E-state index in [0.717, 1.165) is 6.04 Å². The van der Waals surface area contributed by atoms with Gasteiger partial charge in [-0.15, -0.1) is 0 Å². The molecule has 1 amide bonds. The molecule has 2 aromatic heterocycles. The number of carbonyl (C=O) groups excluding carboxylic acids is 1. The highest BCUT2D eigenvalue weighted by Gasteiger charge is 2.43. The van der Waals surface area contributed by atoms with Crippen molar-refractivity contribution in [3.63, 3.8) is 0 Å². The fourth-order valence-electron chi connectivity index (χ4n) is 3.59. The Morgan fingerprint density at radius 1 is 1.26 bits per heavy atom. The molecule has 0 bridgehead atoms. The summed E-state index contributed by atoms with van der Waals surface area (Å²) in [4.78, 5) is 16.7. The molecule has 1 aliphatic rings. The lowest BCUT2D eigenvalue weighted by Crippen LogP contribution is -2.22. The molecule has 0 aliphatic heterocycles. The van der Waals surface area contributed by atoms with Crippen molar-refractivity contribution in [3.05, 3.63) is 36.1 Å². The van der Waals surface area contributed by atoms with Gasteiger partial charge < -0.3 is 14.8 Å². The number of hydrogen-bond donors (Lipinski definition) is 1. The van der Waals surface area contributed by atoms with E-state index in [1.807, 2.05) is 6.92 Å². The lowest BCUT2D eigenvalue weighted by Gasteiger charge is -2.15. The van der Waals surface area contributed by atoms with Crippen LogP contribution in [0.4, 0.5) is 14.6 Å². The number of hydrogen-bond acceptors (Lipinski definition) is 5. The average molecular weight is 489 g/mol. The third-order valence-electron chi connectivity index (χ3n) is 5.62. The van der Waals surface area contributed by atoms with E-state index in [9.17, 15) is 13.6 Å². The Morgan fingerprint density at radius 3 is 2.71 bits per heavy atom. The van der Waals surface area contributed by atoms with Gasteiger partial charge in [-0.05, 0) is 43.7 Å². The molecule has 182 valence electrons. The van der Waals surface area contributed by atoms with Crippen molar-refractivity contribution in [1.82, 2.24) is 14.8 Å². The summed E-state index contributed by atoms with van der Waals surface area (Å²) in [6.07, 6.45) is -0.868. The molecule has 0 radical (unpaired) electrons. The van der Waals surface area contributed by atoms with Crippen LogP contribution in [0.25, 0.3) is 22.3 Å². The van der Waals surface area contributed by atoms with Crippen LogP contribution in [0.5, 0.6) is 5.75 Å². The van der Waals surface area contributed by atoms with Crippen LogP contribution in [0.3, 0.4) is 0 Å². The molecular weight excluding hydrogens is 458 g/mol. The van der Waals surface area contributed by atoms with Crippen LogP contribution in [0.15, 0.2) is 30.3 Å². The van der Waals surface area contributed by atoms with Crippen molar-refractivity contribution in [2.45, 2.75) is 51.9 Å². The smallest absolute Gasteiger partial charge is 0.231 e. The molecule has 34 heavy (non-hydrogen) atoms. The van der Waals surface area contributed by atoms with Crippen LogP contribution in [-0.4, -0.2) is 48.1 Å². The first-order chi connectivity index (χ1) is 16.2. The lowest BCUT2D eigenvalue weighted by atomic mass is 10.1. The normalized spacial score (nSPS) is 17.7. The molecule has 1 fully saturated rings. The molecule has 1 aliphatic carbocycles. The van der Waals surface area contributed by atoms with Crippen molar-refractivity contribution in [3.8, 4) is 17.0 Å². The molecule has 1 saturated carbocycles. The minimum absolute atomic E-state index is 0.124. The Balaban J connectivity index is 1.71.